The van der Waals surface area contributed by atoms with Gasteiger partial charge in [-0.1, -0.05) is 66.7 Å². The maximum absolute atomic E-state index is 13.6. The van der Waals surface area contributed by atoms with Crippen molar-refractivity contribution in [2.75, 3.05) is 20.2 Å². The van der Waals surface area contributed by atoms with Gasteiger partial charge in [-0.3, -0.25) is 19.2 Å². The van der Waals surface area contributed by atoms with Gasteiger partial charge in [-0.2, -0.15) is 5.26 Å². The normalized spacial score (nSPS) is 13.1. The minimum absolute atomic E-state index is 0.0578. The van der Waals surface area contributed by atoms with Gasteiger partial charge in [0.05, 0.1) is 30.3 Å². The summed E-state index contributed by atoms with van der Waals surface area (Å²) in [4.78, 5) is 65.9. The maximum Gasteiger partial charge on any atom is 0.244 e. The Labute approximate surface area is 320 Å². The van der Waals surface area contributed by atoms with E-state index in [1.165, 1.54) is 24.1 Å². The molecule has 0 bridgehead atoms. The van der Waals surface area contributed by atoms with Crippen LogP contribution in [0.1, 0.15) is 47.9 Å². The topological polar surface area (TPSA) is 215 Å². The second-order valence-electron chi connectivity index (χ2n) is 13.4. The van der Waals surface area contributed by atoms with Crippen molar-refractivity contribution in [3.63, 3.8) is 0 Å². The van der Waals surface area contributed by atoms with Crippen LogP contribution in [-0.4, -0.2) is 89.4 Å². The number of nitrogens with two attached hydrogens (primary N) is 1. The zero-order chi connectivity index (χ0) is 39.7. The molecule has 4 aromatic rings. The Morgan fingerprint density at radius 3 is 2.24 bits per heavy atom. The molecular weight excluding hydrogens is 700 g/mol. The number of hydrogen-bond acceptors (Lipinski definition) is 9. The zero-order valence-electron chi connectivity index (χ0n) is 30.8. The number of aldehydes is 1. The number of likely N-dealkylation sites (N-methyl/N-ethyl adjacent to an activating group) is 1. The summed E-state index contributed by atoms with van der Waals surface area (Å²) in [5, 5.41) is 38.5. The average Bonchev–Trinajstić information content (AvgIpc) is 3.20. The first-order chi connectivity index (χ1) is 26.5. The summed E-state index contributed by atoms with van der Waals surface area (Å²) in [6.45, 7) is -0.442. The second kappa shape index (κ2) is 21.0. The SMILES string of the molecule is CN(C(=O)CCc1ccc(C#N)cc1)[C@@H](Cc1ccc(O)cc1)C(=O)N[C@@H](C=O)CCCCNC(=O)[C@H](CO)NC(=O)[C@@H](N)Cc1cccc2ccccc12. The van der Waals surface area contributed by atoms with Crippen molar-refractivity contribution in [3.8, 4) is 11.8 Å². The van der Waals surface area contributed by atoms with Gasteiger partial charge < -0.3 is 41.6 Å². The van der Waals surface area contributed by atoms with Crippen molar-refractivity contribution in [1.29, 1.82) is 5.26 Å². The number of nitrogens with one attached hydrogen (secondary N) is 3. The Balaban J connectivity index is 1.25. The number of nitrogens with zero attached hydrogens (tertiary/aromatic N) is 2. The fraction of sp³-hybridized carbons (Fsp3) is 0.333. The van der Waals surface area contributed by atoms with Crippen molar-refractivity contribution in [2.24, 2.45) is 5.73 Å². The summed E-state index contributed by atoms with van der Waals surface area (Å²) >= 11 is 0. The number of amides is 4. The lowest BCUT2D eigenvalue weighted by Gasteiger charge is -2.29. The molecule has 0 saturated heterocycles. The van der Waals surface area contributed by atoms with E-state index in [1.54, 1.807) is 36.4 Å². The van der Waals surface area contributed by atoms with Crippen LogP contribution in [0.3, 0.4) is 0 Å². The molecule has 4 atom stereocenters. The molecule has 13 heteroatoms. The molecule has 55 heavy (non-hydrogen) atoms. The average molecular weight is 749 g/mol. The molecule has 7 N–H and O–H groups in total. The Morgan fingerprint density at radius 1 is 0.855 bits per heavy atom. The highest BCUT2D eigenvalue weighted by Crippen LogP contribution is 2.20. The zero-order valence-corrected chi connectivity index (χ0v) is 30.8. The largest absolute Gasteiger partial charge is 0.508 e. The Morgan fingerprint density at radius 2 is 1.55 bits per heavy atom. The number of benzene rings is 4. The Kier molecular flexibility index (Phi) is 15.9. The molecule has 4 aromatic carbocycles. The van der Waals surface area contributed by atoms with E-state index in [-0.39, 0.29) is 43.9 Å². The van der Waals surface area contributed by atoms with E-state index in [9.17, 15) is 34.2 Å². The van der Waals surface area contributed by atoms with Crippen molar-refractivity contribution >= 4 is 40.7 Å². The number of aliphatic hydroxyl groups excluding tert-OH is 1. The monoisotopic (exact) mass is 748 g/mol. The number of nitriles is 1. The van der Waals surface area contributed by atoms with E-state index in [0.717, 1.165) is 21.9 Å². The Hall–Kier alpha value is -6.10. The third-order valence-corrected chi connectivity index (χ3v) is 9.44. The molecule has 0 spiro atoms. The predicted molar refractivity (Wildman–Crippen MR) is 207 cm³/mol. The number of carbonyl (C=O) groups is 5. The maximum atomic E-state index is 13.6. The van der Waals surface area contributed by atoms with Gasteiger partial charge >= 0.3 is 0 Å². The lowest BCUT2D eigenvalue weighted by atomic mass is 9.98. The third kappa shape index (κ3) is 12.5. The van der Waals surface area contributed by atoms with Crippen LogP contribution in [0.25, 0.3) is 10.8 Å². The fourth-order valence-corrected chi connectivity index (χ4v) is 6.16. The summed E-state index contributed by atoms with van der Waals surface area (Å²) < 4.78 is 0. The summed E-state index contributed by atoms with van der Waals surface area (Å²) in [6.07, 6.45) is 2.66. The summed E-state index contributed by atoms with van der Waals surface area (Å²) in [6, 6.07) is 24.8. The number of phenolic OH excluding ortho intramolecular Hbond substituents is 1. The van der Waals surface area contributed by atoms with Crippen LogP contribution in [0.15, 0.2) is 91.0 Å². The molecule has 0 aliphatic carbocycles. The highest BCUT2D eigenvalue weighted by molar-refractivity contribution is 5.91. The predicted octanol–water partition coefficient (Wildman–Crippen LogP) is 2.44. The molecule has 0 heterocycles. The third-order valence-electron chi connectivity index (χ3n) is 9.44. The first-order valence-corrected chi connectivity index (χ1v) is 18.2. The molecule has 0 saturated carbocycles. The van der Waals surface area contributed by atoms with Gasteiger partial charge in [0.1, 0.15) is 24.1 Å². The smallest absolute Gasteiger partial charge is 0.244 e. The van der Waals surface area contributed by atoms with Crippen LogP contribution in [-0.2, 0) is 43.2 Å². The number of hydrogen-bond donors (Lipinski definition) is 6. The standard InChI is InChI=1S/C42H48N6O7/c1-48(39(52)21-18-28-12-14-30(25-43)15-13-28)38(23-29-16-19-34(51)20-17-29)42(55)46-33(26-49)10-4-5-22-45-41(54)37(27-50)47-40(53)36(44)24-32-9-6-8-31-7-2-3-11-35(31)32/h2-3,6-9,11-17,19-20,26,33,36-38,50-51H,4-5,10,18,21-24,27,44H2,1H3,(H,45,54)(H,46,55)(H,47,53)/t33-,36+,37+,38+/m1/s1. The van der Waals surface area contributed by atoms with E-state index in [0.29, 0.717) is 36.7 Å². The van der Waals surface area contributed by atoms with Crippen LogP contribution in [0.2, 0.25) is 0 Å². The molecule has 288 valence electrons. The van der Waals surface area contributed by atoms with E-state index in [4.69, 9.17) is 11.0 Å². The molecule has 0 aliphatic rings. The second-order valence-corrected chi connectivity index (χ2v) is 13.4. The lowest BCUT2D eigenvalue weighted by Crippen LogP contribution is -2.53. The van der Waals surface area contributed by atoms with Crippen molar-refractivity contribution < 1.29 is 34.2 Å². The summed E-state index contributed by atoms with van der Waals surface area (Å²) in [5.41, 5.74) is 9.14. The molecule has 0 unspecified atom stereocenters. The van der Waals surface area contributed by atoms with Gasteiger partial charge in [0.2, 0.25) is 23.6 Å². The van der Waals surface area contributed by atoms with Gasteiger partial charge in [0.25, 0.3) is 0 Å². The number of aliphatic hydroxyl groups is 1. The van der Waals surface area contributed by atoms with E-state index < -0.39 is 48.5 Å². The molecule has 4 rings (SSSR count). The molecule has 4 amide bonds. The Bertz CT molecular complexity index is 1960. The summed E-state index contributed by atoms with van der Waals surface area (Å²) in [7, 11) is 1.53. The molecule has 0 radical (unpaired) electrons. The van der Waals surface area contributed by atoms with Crippen LogP contribution in [0.4, 0.5) is 0 Å². The van der Waals surface area contributed by atoms with Crippen LogP contribution < -0.4 is 21.7 Å². The molecule has 0 fully saturated rings. The van der Waals surface area contributed by atoms with Crippen LogP contribution in [0.5, 0.6) is 5.75 Å². The fourth-order valence-electron chi connectivity index (χ4n) is 6.16. The first kappa shape index (κ1) is 41.7. The number of aromatic hydroxyl groups is 1. The number of aryl methyl sites for hydroxylation is 1. The quantitative estimate of drug-likeness (QED) is 0.0578. The number of rotatable bonds is 20. The number of phenols is 1. The highest BCUT2D eigenvalue weighted by Gasteiger charge is 2.29. The van der Waals surface area contributed by atoms with Gasteiger partial charge in [-0.25, -0.2) is 0 Å². The van der Waals surface area contributed by atoms with Gasteiger partial charge in [-0.15, -0.1) is 0 Å². The first-order valence-electron chi connectivity index (χ1n) is 18.2. The minimum Gasteiger partial charge on any atom is -0.508 e. The molecule has 0 aromatic heterocycles. The highest BCUT2D eigenvalue weighted by atomic mass is 16.3. The van der Waals surface area contributed by atoms with E-state index in [1.807, 2.05) is 42.5 Å². The minimum atomic E-state index is -1.21. The number of fused-ring (bicyclic) bond motifs is 1. The van der Waals surface area contributed by atoms with Gasteiger partial charge in [0, 0.05) is 26.4 Å². The molecule has 0 aliphatic heterocycles. The van der Waals surface area contributed by atoms with Gasteiger partial charge in [0.15, 0.2) is 0 Å². The number of unbranched alkanes of at least 4 members (excludes halogenated alkanes) is 1. The molecule has 13 nitrogen and oxygen atoms in total. The van der Waals surface area contributed by atoms with Crippen molar-refractivity contribution in [2.45, 2.75) is 69.1 Å². The van der Waals surface area contributed by atoms with Gasteiger partial charge in [-0.05, 0) is 83.8 Å². The number of carbonyl (C=O) groups excluding carboxylic acids is 5. The van der Waals surface area contributed by atoms with Crippen LogP contribution >= 0.6 is 0 Å². The van der Waals surface area contributed by atoms with E-state index >= 15 is 0 Å². The van der Waals surface area contributed by atoms with E-state index in [2.05, 4.69) is 22.0 Å². The molecular formula is C42H48N6O7. The lowest BCUT2D eigenvalue weighted by molar-refractivity contribution is -0.139. The van der Waals surface area contributed by atoms with Crippen molar-refractivity contribution in [3.05, 3.63) is 113 Å². The van der Waals surface area contributed by atoms with Crippen molar-refractivity contribution in [1.82, 2.24) is 20.9 Å². The van der Waals surface area contributed by atoms with Crippen LogP contribution in [0, 0.1) is 11.3 Å². The summed E-state index contributed by atoms with van der Waals surface area (Å²) in [5.74, 6) is -1.91.